The van der Waals surface area contributed by atoms with E-state index in [1.807, 2.05) is 42.3 Å². The molecular weight excluding hydrogens is 314 g/mol. The summed E-state index contributed by atoms with van der Waals surface area (Å²) in [4.78, 5) is 26.0. The quantitative estimate of drug-likeness (QED) is 0.788. The number of rotatable bonds is 7. The Labute approximate surface area is 144 Å². The molecule has 2 rings (SSSR count). The van der Waals surface area contributed by atoms with E-state index in [-0.39, 0.29) is 24.2 Å². The summed E-state index contributed by atoms with van der Waals surface area (Å²) in [6.45, 7) is 2.09. The van der Waals surface area contributed by atoms with Crippen molar-refractivity contribution in [1.29, 1.82) is 0 Å². The molecule has 0 saturated carbocycles. The van der Waals surface area contributed by atoms with Gasteiger partial charge in [-0.15, -0.1) is 12.4 Å². The van der Waals surface area contributed by atoms with Gasteiger partial charge in [-0.2, -0.15) is 0 Å². The van der Waals surface area contributed by atoms with Crippen LogP contribution in [0.1, 0.15) is 24.8 Å². The Bertz CT molecular complexity index is 496. The summed E-state index contributed by atoms with van der Waals surface area (Å²) in [5.74, 6) is 0.102. The third-order valence-corrected chi connectivity index (χ3v) is 4.01. The molecule has 1 aliphatic rings. The molecule has 1 unspecified atom stereocenters. The van der Waals surface area contributed by atoms with E-state index in [0.717, 1.165) is 31.5 Å². The Hall–Kier alpha value is -1.59. The van der Waals surface area contributed by atoms with Crippen molar-refractivity contribution in [3.05, 3.63) is 35.9 Å². The highest BCUT2D eigenvalue weighted by Gasteiger charge is 2.27. The van der Waals surface area contributed by atoms with Crippen LogP contribution in [0.25, 0.3) is 0 Å². The van der Waals surface area contributed by atoms with Crippen LogP contribution >= 0.6 is 12.4 Å². The minimum atomic E-state index is -0.0350. The fraction of sp³-hybridized carbons (Fsp3) is 0.529. The van der Waals surface area contributed by atoms with Gasteiger partial charge in [0.25, 0.3) is 0 Å². The van der Waals surface area contributed by atoms with Gasteiger partial charge in [0.2, 0.25) is 11.8 Å². The van der Waals surface area contributed by atoms with E-state index in [4.69, 9.17) is 0 Å². The van der Waals surface area contributed by atoms with Gasteiger partial charge in [0.1, 0.15) is 0 Å². The van der Waals surface area contributed by atoms with Crippen LogP contribution in [0.2, 0.25) is 0 Å². The van der Waals surface area contributed by atoms with Gasteiger partial charge in [-0.25, -0.2) is 0 Å². The molecule has 1 fully saturated rings. The maximum atomic E-state index is 12.2. The number of hydrogen-bond donors (Lipinski definition) is 2. The first-order valence-electron chi connectivity index (χ1n) is 7.95. The van der Waals surface area contributed by atoms with Crippen molar-refractivity contribution in [2.75, 3.05) is 26.7 Å². The van der Waals surface area contributed by atoms with Gasteiger partial charge in [0.05, 0.1) is 6.42 Å². The molecule has 128 valence electrons. The number of likely N-dealkylation sites (N-methyl/N-ethyl adjacent to an activating group) is 1. The van der Waals surface area contributed by atoms with E-state index < -0.39 is 0 Å². The number of nitrogens with zero attached hydrogens (tertiary/aromatic N) is 1. The lowest BCUT2D eigenvalue weighted by atomic mass is 10.1. The molecule has 5 nitrogen and oxygen atoms in total. The van der Waals surface area contributed by atoms with Crippen molar-refractivity contribution < 1.29 is 9.59 Å². The van der Waals surface area contributed by atoms with Crippen LogP contribution in [0.3, 0.4) is 0 Å². The molecule has 0 radical (unpaired) electrons. The summed E-state index contributed by atoms with van der Waals surface area (Å²) in [6, 6.07) is 9.92. The van der Waals surface area contributed by atoms with Crippen LogP contribution in [0.5, 0.6) is 0 Å². The summed E-state index contributed by atoms with van der Waals surface area (Å²) in [5, 5.41) is 5.96. The van der Waals surface area contributed by atoms with Gasteiger partial charge in [0, 0.05) is 32.1 Å². The molecule has 0 spiro atoms. The molecule has 1 heterocycles. The highest BCUT2D eigenvalue weighted by Crippen LogP contribution is 2.17. The van der Waals surface area contributed by atoms with Gasteiger partial charge in [-0.3, -0.25) is 9.59 Å². The van der Waals surface area contributed by atoms with Crippen molar-refractivity contribution in [1.82, 2.24) is 15.5 Å². The molecule has 2 N–H and O–H groups in total. The topological polar surface area (TPSA) is 61.4 Å². The smallest absolute Gasteiger partial charge is 0.224 e. The van der Waals surface area contributed by atoms with Crippen LogP contribution in [0.4, 0.5) is 0 Å². The van der Waals surface area contributed by atoms with Crippen molar-refractivity contribution >= 4 is 24.2 Å². The molecular formula is C17H26ClN3O2. The second kappa shape index (κ2) is 10.2. The van der Waals surface area contributed by atoms with E-state index in [0.29, 0.717) is 25.4 Å². The normalized spacial score (nSPS) is 16.7. The van der Waals surface area contributed by atoms with Crippen LogP contribution in [-0.2, 0) is 16.0 Å². The second-order valence-corrected chi connectivity index (χ2v) is 5.70. The molecule has 0 bridgehead atoms. The number of hydrogen-bond acceptors (Lipinski definition) is 3. The summed E-state index contributed by atoms with van der Waals surface area (Å²) in [6.07, 6.45) is 2.87. The molecule has 23 heavy (non-hydrogen) atoms. The molecule has 1 aliphatic heterocycles. The SMILES string of the molecule is CNCC1CCCN1C(=O)CCNC(=O)Cc1ccccc1.Cl. The molecule has 6 heteroatoms. The fourth-order valence-electron chi connectivity index (χ4n) is 2.91. The Kier molecular flexibility index (Phi) is 8.66. The predicted molar refractivity (Wildman–Crippen MR) is 93.7 cm³/mol. The van der Waals surface area contributed by atoms with E-state index in [1.165, 1.54) is 0 Å². The molecule has 2 amide bonds. The Morgan fingerprint density at radius 2 is 2.00 bits per heavy atom. The number of nitrogens with one attached hydrogen (secondary N) is 2. The van der Waals surface area contributed by atoms with Gasteiger partial charge >= 0.3 is 0 Å². The highest BCUT2D eigenvalue weighted by molar-refractivity contribution is 5.85. The van der Waals surface area contributed by atoms with Crippen LogP contribution in [0, 0.1) is 0 Å². The summed E-state index contributed by atoms with van der Waals surface area (Å²) >= 11 is 0. The minimum absolute atomic E-state index is 0. The Morgan fingerprint density at radius 1 is 1.26 bits per heavy atom. The average molecular weight is 340 g/mol. The monoisotopic (exact) mass is 339 g/mol. The predicted octanol–water partition coefficient (Wildman–Crippen LogP) is 1.37. The number of carbonyl (C=O) groups excluding carboxylic acids is 2. The van der Waals surface area contributed by atoms with Crippen molar-refractivity contribution in [2.24, 2.45) is 0 Å². The highest BCUT2D eigenvalue weighted by atomic mass is 35.5. The Balaban J connectivity index is 0.00000264. The Morgan fingerprint density at radius 3 is 2.70 bits per heavy atom. The maximum Gasteiger partial charge on any atom is 0.224 e. The molecule has 1 aromatic rings. The summed E-state index contributed by atoms with van der Waals surface area (Å²) < 4.78 is 0. The molecule has 1 aromatic carbocycles. The average Bonchev–Trinajstić information content (AvgIpc) is 2.97. The maximum absolute atomic E-state index is 12.2. The molecule has 0 aliphatic carbocycles. The fourth-order valence-corrected chi connectivity index (χ4v) is 2.91. The molecule has 1 saturated heterocycles. The third-order valence-electron chi connectivity index (χ3n) is 4.01. The van der Waals surface area contributed by atoms with Crippen LogP contribution in [0.15, 0.2) is 30.3 Å². The van der Waals surface area contributed by atoms with E-state index in [9.17, 15) is 9.59 Å². The number of benzene rings is 1. The zero-order valence-electron chi connectivity index (χ0n) is 13.6. The first kappa shape index (κ1) is 19.5. The van der Waals surface area contributed by atoms with Crippen molar-refractivity contribution in [3.8, 4) is 0 Å². The largest absolute Gasteiger partial charge is 0.355 e. The third kappa shape index (κ3) is 6.20. The van der Waals surface area contributed by atoms with Crippen LogP contribution in [-0.4, -0.2) is 49.4 Å². The second-order valence-electron chi connectivity index (χ2n) is 5.70. The number of likely N-dealkylation sites (tertiary alicyclic amines) is 1. The van der Waals surface area contributed by atoms with E-state index in [2.05, 4.69) is 10.6 Å². The number of carbonyl (C=O) groups is 2. The zero-order chi connectivity index (χ0) is 15.8. The van der Waals surface area contributed by atoms with Crippen LogP contribution < -0.4 is 10.6 Å². The number of halogens is 1. The first-order chi connectivity index (χ1) is 10.7. The molecule has 1 atom stereocenters. The van der Waals surface area contributed by atoms with Crippen molar-refractivity contribution in [2.45, 2.75) is 31.7 Å². The minimum Gasteiger partial charge on any atom is -0.355 e. The van der Waals surface area contributed by atoms with Gasteiger partial charge in [-0.05, 0) is 25.5 Å². The lowest BCUT2D eigenvalue weighted by molar-refractivity contribution is -0.131. The zero-order valence-corrected chi connectivity index (χ0v) is 14.4. The van der Waals surface area contributed by atoms with Gasteiger partial charge < -0.3 is 15.5 Å². The van der Waals surface area contributed by atoms with E-state index in [1.54, 1.807) is 0 Å². The first-order valence-corrected chi connectivity index (χ1v) is 7.95. The summed E-state index contributed by atoms with van der Waals surface area (Å²) in [5.41, 5.74) is 0.986. The number of amides is 2. The standard InChI is InChI=1S/C17H25N3O2.ClH/c1-18-13-15-8-5-11-20(15)17(22)9-10-19-16(21)12-14-6-3-2-4-7-14;/h2-4,6-7,15,18H,5,8-13H2,1H3,(H,19,21);1H. The van der Waals surface area contributed by atoms with Gasteiger partial charge in [-0.1, -0.05) is 30.3 Å². The van der Waals surface area contributed by atoms with E-state index >= 15 is 0 Å². The summed E-state index contributed by atoms with van der Waals surface area (Å²) in [7, 11) is 1.91. The van der Waals surface area contributed by atoms with Crippen molar-refractivity contribution in [3.63, 3.8) is 0 Å². The lowest BCUT2D eigenvalue weighted by Crippen LogP contribution is -2.42. The van der Waals surface area contributed by atoms with Gasteiger partial charge in [0.15, 0.2) is 0 Å². The molecule has 0 aromatic heterocycles. The lowest BCUT2D eigenvalue weighted by Gasteiger charge is -2.24.